The molecule has 316 valence electrons. The van der Waals surface area contributed by atoms with Crippen LogP contribution in [-0.4, -0.2) is 115 Å². The Hall–Kier alpha value is -4.11. The normalized spacial score (nSPS) is 31.1. The van der Waals surface area contributed by atoms with Gasteiger partial charge in [-0.1, -0.05) is 32.4 Å². The van der Waals surface area contributed by atoms with Gasteiger partial charge in [0, 0.05) is 56.7 Å². The number of Topliss-reactive ketones (excluding diaryl/α,β-unsaturated/α-hetero) is 1. The number of piperazine rings is 1. The molecule has 2 aromatic rings. The zero-order chi connectivity index (χ0) is 41.6. The maximum Gasteiger partial charge on any atom is 0.240 e. The van der Waals surface area contributed by atoms with E-state index in [9.17, 15) is 27.2 Å². The molecule has 0 bridgehead atoms. The van der Waals surface area contributed by atoms with Crippen molar-refractivity contribution < 1.29 is 41.5 Å². The van der Waals surface area contributed by atoms with E-state index in [1.54, 1.807) is 13.0 Å². The first-order valence-electron chi connectivity index (χ1n) is 20.9. The lowest BCUT2D eigenvalue weighted by atomic mass is 9.79. The molecule has 0 spiro atoms. The van der Waals surface area contributed by atoms with Crippen LogP contribution in [0.2, 0.25) is 0 Å². The molecular weight excluding hydrogens is 766 g/mol. The molecule has 1 aromatic heterocycles. The third-order valence-corrected chi connectivity index (χ3v) is 15.8. The number of benzene rings is 1. The Morgan fingerprint density at radius 2 is 1.83 bits per heavy atom. The van der Waals surface area contributed by atoms with Gasteiger partial charge in [0.1, 0.15) is 17.7 Å². The number of ether oxygens (including phenoxy) is 2. The molecule has 4 heterocycles. The number of aromatic nitrogens is 1. The molecule has 0 unspecified atom stereocenters. The van der Waals surface area contributed by atoms with Crippen LogP contribution in [-0.2, 0) is 29.2 Å². The molecule has 2 saturated carbocycles. The van der Waals surface area contributed by atoms with Crippen LogP contribution in [0.1, 0.15) is 85.0 Å². The first-order chi connectivity index (χ1) is 27.6. The van der Waals surface area contributed by atoms with Crippen molar-refractivity contribution in [3.63, 3.8) is 0 Å². The second kappa shape index (κ2) is 16.5. The number of ketones is 1. The van der Waals surface area contributed by atoms with Crippen LogP contribution in [0, 0.1) is 34.9 Å². The fourth-order valence-corrected chi connectivity index (χ4v) is 10.6. The smallest absolute Gasteiger partial charge is 0.240 e. The number of nitrogens with one attached hydrogen (secondary N) is 1. The molecule has 58 heavy (non-hydrogen) atoms. The van der Waals surface area contributed by atoms with E-state index in [0.29, 0.717) is 61.7 Å². The number of carbonyl (C=O) groups excluding carboxylic acids is 4. The van der Waals surface area contributed by atoms with Crippen LogP contribution in [0.5, 0.6) is 11.6 Å². The number of rotatable bonds is 9. The van der Waals surface area contributed by atoms with Gasteiger partial charge in [0.05, 0.1) is 41.4 Å². The van der Waals surface area contributed by atoms with Gasteiger partial charge in [0.25, 0.3) is 0 Å². The maximum absolute atomic E-state index is 15.2. The van der Waals surface area contributed by atoms with Gasteiger partial charge in [-0.3, -0.25) is 23.9 Å². The van der Waals surface area contributed by atoms with Crippen LogP contribution in [0.4, 0.5) is 4.39 Å². The van der Waals surface area contributed by atoms with Crippen molar-refractivity contribution in [2.45, 2.75) is 102 Å². The number of pyridine rings is 1. The highest BCUT2D eigenvalue weighted by Crippen LogP contribution is 2.58. The number of nitrogens with zero attached hydrogens (tertiary/aromatic N) is 4. The average Bonchev–Trinajstić information content (AvgIpc) is 4.07. The monoisotopic (exact) mass is 823 g/mol. The summed E-state index contributed by atoms with van der Waals surface area (Å²) >= 11 is 0. The van der Waals surface area contributed by atoms with E-state index < -0.39 is 50.0 Å². The summed E-state index contributed by atoms with van der Waals surface area (Å²) in [7, 11) is -0.468. The second-order valence-electron chi connectivity index (χ2n) is 17.8. The van der Waals surface area contributed by atoms with Crippen molar-refractivity contribution in [3.05, 3.63) is 42.4 Å². The lowest BCUT2D eigenvalue weighted by Gasteiger charge is -2.36. The van der Waals surface area contributed by atoms with Crippen LogP contribution < -0.4 is 14.2 Å². The molecule has 13 nitrogen and oxygen atoms in total. The van der Waals surface area contributed by atoms with Gasteiger partial charge in [-0.2, -0.15) is 0 Å². The van der Waals surface area contributed by atoms with Gasteiger partial charge in [-0.15, -0.1) is 0 Å². The summed E-state index contributed by atoms with van der Waals surface area (Å²) in [6, 6.07) is 3.17. The number of carbonyl (C=O) groups is 4. The Morgan fingerprint density at radius 3 is 2.52 bits per heavy atom. The highest BCUT2D eigenvalue weighted by Gasteiger charge is 2.62. The summed E-state index contributed by atoms with van der Waals surface area (Å²) in [5, 5.41) is 0.943. The molecule has 15 heteroatoms. The fourth-order valence-electron chi connectivity index (χ4n) is 9.29. The van der Waals surface area contributed by atoms with Crippen molar-refractivity contribution in [1.29, 1.82) is 0 Å². The molecule has 0 radical (unpaired) electrons. The standard InChI is InChI=1S/C43H58FN5O8S/c1-6-28-19-27(2)9-7-8-10-29-23-43(29,41(53)46-58(54,55)42(3)13-14-42)24-36(50)35-21-31(57-39-34-20-30(44)11-12-32(34)37(56-5)25-45-39)26-49(35)40(52)33(28)22-38(51)48-17-15-47(4)16-18-48/h8,10-12,20,25,27-29,31,33,35H,6-7,9,13-19,21-24,26H2,1-5H3,(H,46,53)/b10-8-/t27-,28-,29-,31-,33+,35+,43-/m1/s1. The van der Waals surface area contributed by atoms with Crippen LogP contribution in [0.25, 0.3) is 10.8 Å². The SMILES string of the molecule is CC[C@@H]1C[C@H](C)CC/C=C\[C@@H]2C[C@@]2(C(=O)NS(=O)(=O)C2(C)CC2)CC(=O)[C@@H]2C[C@@H](Oc3ncc(OC)c4ccc(F)cc34)CN2C(=O)[C@H]1CC(=O)N1CCN(C)CC1. The third-order valence-electron chi connectivity index (χ3n) is 13.7. The Balaban J connectivity index is 1.24. The Labute approximate surface area is 341 Å². The predicted molar refractivity (Wildman–Crippen MR) is 216 cm³/mol. The third kappa shape index (κ3) is 8.48. The summed E-state index contributed by atoms with van der Waals surface area (Å²) in [5.41, 5.74) is -1.29. The van der Waals surface area contributed by atoms with Crippen LogP contribution >= 0.6 is 0 Å². The molecule has 7 rings (SSSR count). The molecule has 5 aliphatic rings. The molecule has 4 fully saturated rings. The molecular formula is C43H58FN5O8S. The van der Waals surface area contributed by atoms with E-state index in [1.807, 2.05) is 31.0 Å². The fraction of sp³-hybridized carbons (Fsp3) is 0.651. The Bertz CT molecular complexity index is 2070. The molecule has 2 saturated heterocycles. The summed E-state index contributed by atoms with van der Waals surface area (Å²) in [6.45, 7) is 8.42. The van der Waals surface area contributed by atoms with Crippen molar-refractivity contribution in [1.82, 2.24) is 24.4 Å². The highest BCUT2D eigenvalue weighted by atomic mass is 32.2. The minimum absolute atomic E-state index is 0.000206. The van der Waals surface area contributed by atoms with E-state index in [1.165, 1.54) is 30.3 Å². The van der Waals surface area contributed by atoms with Gasteiger partial charge in [-0.05, 0) is 88.4 Å². The number of hydrogen-bond donors (Lipinski definition) is 1. The summed E-state index contributed by atoms with van der Waals surface area (Å²) in [6.07, 6.45) is 8.63. The summed E-state index contributed by atoms with van der Waals surface area (Å²) < 4.78 is 54.4. The number of likely N-dealkylation sites (N-methyl/N-ethyl adjacent to an activating group) is 1. The minimum atomic E-state index is -3.97. The van der Waals surface area contributed by atoms with Gasteiger partial charge in [0.15, 0.2) is 5.78 Å². The lowest BCUT2D eigenvalue weighted by Crippen LogP contribution is -2.50. The number of sulfonamides is 1. The van der Waals surface area contributed by atoms with Gasteiger partial charge in [-0.25, -0.2) is 17.8 Å². The van der Waals surface area contributed by atoms with E-state index in [0.717, 1.165) is 25.9 Å². The van der Waals surface area contributed by atoms with Crippen molar-refractivity contribution in [3.8, 4) is 11.6 Å². The number of amides is 3. The first-order valence-corrected chi connectivity index (χ1v) is 22.4. The topological polar surface area (TPSA) is 156 Å². The minimum Gasteiger partial charge on any atom is -0.494 e. The van der Waals surface area contributed by atoms with Gasteiger partial charge in [0.2, 0.25) is 33.6 Å². The second-order valence-corrected chi connectivity index (χ2v) is 20.0. The Kier molecular flexibility index (Phi) is 12.0. The number of methoxy groups -OCH3 is 1. The summed E-state index contributed by atoms with van der Waals surface area (Å²) in [4.78, 5) is 68.0. The highest BCUT2D eigenvalue weighted by molar-refractivity contribution is 7.91. The van der Waals surface area contributed by atoms with Crippen molar-refractivity contribution in [2.24, 2.45) is 29.1 Å². The number of allylic oxidation sites excluding steroid dienone is 2. The first kappa shape index (κ1) is 42.0. The molecule has 1 N–H and O–H groups in total. The molecule has 7 atom stereocenters. The largest absolute Gasteiger partial charge is 0.494 e. The molecule has 2 aliphatic carbocycles. The van der Waals surface area contributed by atoms with Crippen LogP contribution in [0.3, 0.4) is 0 Å². The molecule has 3 aliphatic heterocycles. The number of halogens is 1. The maximum atomic E-state index is 15.2. The van der Waals surface area contributed by atoms with E-state index >= 15 is 4.79 Å². The quantitative estimate of drug-likeness (QED) is 0.346. The van der Waals surface area contributed by atoms with E-state index in [4.69, 9.17) is 9.47 Å². The zero-order valence-electron chi connectivity index (χ0n) is 34.4. The van der Waals surface area contributed by atoms with Gasteiger partial charge < -0.3 is 24.2 Å². The van der Waals surface area contributed by atoms with Crippen LogP contribution in [0.15, 0.2) is 36.5 Å². The molecule has 3 amide bonds. The average molecular weight is 824 g/mol. The summed E-state index contributed by atoms with van der Waals surface area (Å²) in [5.74, 6) is -2.41. The molecule has 1 aromatic carbocycles. The zero-order valence-corrected chi connectivity index (χ0v) is 35.2. The van der Waals surface area contributed by atoms with E-state index in [-0.39, 0.29) is 67.0 Å². The van der Waals surface area contributed by atoms with Crippen molar-refractivity contribution in [2.75, 3.05) is 46.9 Å². The number of fused-ring (bicyclic) bond motifs is 3. The van der Waals surface area contributed by atoms with E-state index in [2.05, 4.69) is 21.5 Å². The van der Waals surface area contributed by atoms with Gasteiger partial charge >= 0.3 is 0 Å². The van der Waals surface area contributed by atoms with Crippen molar-refractivity contribution >= 4 is 44.3 Å². The number of hydrogen-bond acceptors (Lipinski definition) is 10. The lowest BCUT2D eigenvalue weighted by molar-refractivity contribution is -0.147. The predicted octanol–water partition coefficient (Wildman–Crippen LogP) is 4.88. The Morgan fingerprint density at radius 1 is 1.09 bits per heavy atom.